The molecule has 0 radical (unpaired) electrons. The number of aryl methyl sites for hydroxylation is 1. The Morgan fingerprint density at radius 3 is 2.59 bits per heavy atom. The lowest BCUT2D eigenvalue weighted by Crippen LogP contribution is -2.55. The SMILES string of the molecule is Cc1cnc2c(S(=O)(=O)N3CCN(C(=O)C4CCCN4C(=O)c4ccco4)CC3)cccc2c1. The summed E-state index contributed by atoms with van der Waals surface area (Å²) in [7, 11) is -3.77. The van der Waals surface area contributed by atoms with Crippen molar-refractivity contribution in [2.45, 2.75) is 30.7 Å². The number of carbonyl (C=O) groups is 2. The van der Waals surface area contributed by atoms with Crippen LogP contribution in [0.4, 0.5) is 0 Å². The zero-order chi connectivity index (χ0) is 23.9. The Morgan fingerprint density at radius 1 is 1.06 bits per heavy atom. The highest BCUT2D eigenvalue weighted by molar-refractivity contribution is 7.89. The van der Waals surface area contributed by atoms with Gasteiger partial charge in [0.25, 0.3) is 5.91 Å². The van der Waals surface area contributed by atoms with Gasteiger partial charge in [0, 0.05) is 44.3 Å². The predicted octanol–water partition coefficient (Wildman–Crippen LogP) is 2.27. The number of likely N-dealkylation sites (tertiary alicyclic amines) is 1. The van der Waals surface area contributed by atoms with E-state index in [1.807, 2.05) is 19.1 Å². The van der Waals surface area contributed by atoms with Gasteiger partial charge in [-0.15, -0.1) is 0 Å². The van der Waals surface area contributed by atoms with Crippen molar-refractivity contribution in [1.82, 2.24) is 19.1 Å². The number of sulfonamides is 1. The van der Waals surface area contributed by atoms with Gasteiger partial charge < -0.3 is 14.2 Å². The number of hydrogen-bond donors (Lipinski definition) is 0. The number of aromatic nitrogens is 1. The molecule has 2 saturated heterocycles. The van der Waals surface area contributed by atoms with Crippen molar-refractivity contribution < 1.29 is 22.4 Å². The summed E-state index contributed by atoms with van der Waals surface area (Å²) in [5.74, 6) is -0.216. The number of nitrogens with zero attached hydrogens (tertiary/aromatic N) is 4. The lowest BCUT2D eigenvalue weighted by Gasteiger charge is -2.36. The third kappa shape index (κ3) is 3.97. The molecule has 3 aromatic rings. The Labute approximate surface area is 198 Å². The van der Waals surface area contributed by atoms with E-state index in [9.17, 15) is 18.0 Å². The van der Waals surface area contributed by atoms with Crippen molar-refractivity contribution >= 4 is 32.7 Å². The fourth-order valence-corrected chi connectivity index (χ4v) is 6.35. The summed E-state index contributed by atoms with van der Waals surface area (Å²) in [6.45, 7) is 3.34. The third-order valence-corrected chi connectivity index (χ3v) is 8.44. The monoisotopic (exact) mass is 482 g/mol. The van der Waals surface area contributed by atoms with Gasteiger partial charge in [-0.1, -0.05) is 12.1 Å². The van der Waals surface area contributed by atoms with Crippen molar-refractivity contribution in [3.63, 3.8) is 0 Å². The number of furan rings is 1. The average Bonchev–Trinajstić information content (AvgIpc) is 3.55. The number of pyridine rings is 1. The van der Waals surface area contributed by atoms with E-state index in [1.54, 1.807) is 40.3 Å². The van der Waals surface area contributed by atoms with Gasteiger partial charge in [0.05, 0.1) is 11.8 Å². The maximum Gasteiger partial charge on any atom is 0.290 e. The normalized spacial score (nSPS) is 19.6. The largest absolute Gasteiger partial charge is 0.459 e. The molecule has 5 rings (SSSR count). The molecular formula is C24H26N4O5S. The molecular weight excluding hydrogens is 456 g/mol. The van der Waals surface area contributed by atoms with Crippen molar-refractivity contribution in [1.29, 1.82) is 0 Å². The Bertz CT molecular complexity index is 1330. The van der Waals surface area contributed by atoms with Crippen LogP contribution in [-0.4, -0.2) is 78.1 Å². The van der Waals surface area contributed by atoms with E-state index in [4.69, 9.17) is 4.42 Å². The van der Waals surface area contributed by atoms with Crippen LogP contribution in [0.2, 0.25) is 0 Å². The van der Waals surface area contributed by atoms with Crippen LogP contribution in [0.3, 0.4) is 0 Å². The highest BCUT2D eigenvalue weighted by Crippen LogP contribution is 2.27. The zero-order valence-corrected chi connectivity index (χ0v) is 19.7. The van der Waals surface area contributed by atoms with Crippen molar-refractivity contribution in [3.8, 4) is 0 Å². The lowest BCUT2D eigenvalue weighted by molar-refractivity contribution is -0.136. The van der Waals surface area contributed by atoms with E-state index in [1.165, 1.54) is 10.6 Å². The molecule has 1 atom stereocenters. The summed E-state index contributed by atoms with van der Waals surface area (Å²) in [4.78, 5) is 33.8. The molecule has 9 nitrogen and oxygen atoms in total. The maximum absolute atomic E-state index is 13.4. The molecule has 0 spiro atoms. The molecule has 2 aliphatic rings. The van der Waals surface area contributed by atoms with Gasteiger partial charge in [-0.3, -0.25) is 14.6 Å². The molecule has 0 aliphatic carbocycles. The fourth-order valence-electron chi connectivity index (χ4n) is 4.76. The van der Waals surface area contributed by atoms with Crippen LogP contribution < -0.4 is 0 Å². The van der Waals surface area contributed by atoms with Gasteiger partial charge in [0.2, 0.25) is 15.9 Å². The Kier molecular flexibility index (Phi) is 5.86. The standard InChI is InChI=1S/C24H26N4O5S/c1-17-15-18-5-2-8-21(22(18)25-16-17)34(31,32)27-12-10-26(11-13-27)23(29)19-6-3-9-28(19)24(30)20-7-4-14-33-20/h2,4-5,7-8,14-16,19H,3,6,9-13H2,1H3. The van der Waals surface area contributed by atoms with E-state index >= 15 is 0 Å². The van der Waals surface area contributed by atoms with Crippen molar-refractivity contribution in [2.24, 2.45) is 0 Å². The third-order valence-electron chi connectivity index (χ3n) is 6.51. The number of benzene rings is 1. The summed E-state index contributed by atoms with van der Waals surface area (Å²) >= 11 is 0. The number of fused-ring (bicyclic) bond motifs is 1. The van der Waals surface area contributed by atoms with Crippen LogP contribution in [-0.2, 0) is 14.8 Å². The molecule has 34 heavy (non-hydrogen) atoms. The lowest BCUT2D eigenvalue weighted by atomic mass is 10.1. The predicted molar refractivity (Wildman–Crippen MR) is 125 cm³/mol. The van der Waals surface area contributed by atoms with Gasteiger partial charge in [0.15, 0.2) is 5.76 Å². The van der Waals surface area contributed by atoms with Crippen LogP contribution >= 0.6 is 0 Å². The smallest absolute Gasteiger partial charge is 0.290 e. The van der Waals surface area contributed by atoms with Crippen LogP contribution in [0, 0.1) is 6.92 Å². The minimum absolute atomic E-state index is 0.142. The first kappa shape index (κ1) is 22.5. The second kappa shape index (κ2) is 8.84. The quantitative estimate of drug-likeness (QED) is 0.565. The van der Waals surface area contributed by atoms with Gasteiger partial charge >= 0.3 is 0 Å². The molecule has 0 N–H and O–H groups in total. The Morgan fingerprint density at radius 2 is 1.85 bits per heavy atom. The van der Waals surface area contributed by atoms with Gasteiger partial charge in [-0.05, 0) is 49.6 Å². The van der Waals surface area contributed by atoms with Crippen molar-refractivity contribution in [2.75, 3.05) is 32.7 Å². The molecule has 178 valence electrons. The van der Waals surface area contributed by atoms with Crippen LogP contribution in [0.5, 0.6) is 0 Å². The molecule has 2 fully saturated rings. The molecule has 2 aliphatic heterocycles. The molecule has 0 bridgehead atoms. The summed E-state index contributed by atoms with van der Waals surface area (Å²) in [5, 5.41) is 0.775. The number of hydrogen-bond acceptors (Lipinski definition) is 6. The first-order valence-electron chi connectivity index (χ1n) is 11.3. The average molecular weight is 483 g/mol. The van der Waals surface area contributed by atoms with Crippen molar-refractivity contribution in [3.05, 3.63) is 60.2 Å². The Balaban J connectivity index is 1.29. The second-order valence-electron chi connectivity index (χ2n) is 8.70. The van der Waals surface area contributed by atoms with Crippen LogP contribution in [0.1, 0.15) is 29.0 Å². The minimum atomic E-state index is -3.77. The maximum atomic E-state index is 13.4. The summed E-state index contributed by atoms with van der Waals surface area (Å²) < 4.78 is 33.4. The van der Waals surface area contributed by atoms with E-state index in [0.29, 0.717) is 18.5 Å². The van der Waals surface area contributed by atoms with Crippen LogP contribution in [0.15, 0.2) is 58.2 Å². The zero-order valence-electron chi connectivity index (χ0n) is 18.9. The topological polar surface area (TPSA) is 104 Å². The summed E-state index contributed by atoms with van der Waals surface area (Å²) in [6, 6.07) is 9.75. The van der Waals surface area contributed by atoms with Gasteiger partial charge in [-0.25, -0.2) is 8.42 Å². The summed E-state index contributed by atoms with van der Waals surface area (Å²) in [6.07, 6.45) is 4.43. The number of rotatable bonds is 4. The fraction of sp³-hybridized carbons (Fsp3) is 0.375. The number of piperazine rings is 1. The van der Waals surface area contributed by atoms with E-state index in [2.05, 4.69) is 4.98 Å². The highest BCUT2D eigenvalue weighted by atomic mass is 32.2. The number of amides is 2. The number of carbonyl (C=O) groups excluding carboxylic acids is 2. The molecule has 0 saturated carbocycles. The molecule has 1 aromatic carbocycles. The number of para-hydroxylation sites is 1. The first-order chi connectivity index (χ1) is 16.4. The van der Waals surface area contributed by atoms with Gasteiger partial charge in [0.1, 0.15) is 10.9 Å². The van der Waals surface area contributed by atoms with Gasteiger partial charge in [-0.2, -0.15) is 4.31 Å². The summed E-state index contributed by atoms with van der Waals surface area (Å²) in [5.41, 5.74) is 1.41. The van der Waals surface area contributed by atoms with E-state index in [0.717, 1.165) is 17.4 Å². The minimum Gasteiger partial charge on any atom is -0.459 e. The second-order valence-corrected chi connectivity index (χ2v) is 10.6. The highest BCUT2D eigenvalue weighted by Gasteiger charge is 2.39. The van der Waals surface area contributed by atoms with E-state index in [-0.39, 0.29) is 48.6 Å². The molecule has 2 aromatic heterocycles. The Hall–Kier alpha value is -3.24. The first-order valence-corrected chi connectivity index (χ1v) is 12.8. The molecule has 2 amide bonds. The van der Waals surface area contributed by atoms with Crippen LogP contribution in [0.25, 0.3) is 10.9 Å². The molecule has 4 heterocycles. The molecule has 10 heteroatoms. The van der Waals surface area contributed by atoms with E-state index < -0.39 is 16.1 Å². The molecule has 1 unspecified atom stereocenters.